The highest BCUT2D eigenvalue weighted by Gasteiger charge is 2.27. The van der Waals surface area contributed by atoms with Crippen molar-refractivity contribution in [3.8, 4) is 0 Å². The molecule has 1 amide bonds. The van der Waals surface area contributed by atoms with Crippen LogP contribution in [-0.2, 0) is 23.2 Å². The first-order valence-corrected chi connectivity index (χ1v) is 10.5. The fourth-order valence-corrected chi connectivity index (χ4v) is 3.35. The molecule has 1 aromatic heterocycles. The summed E-state index contributed by atoms with van der Waals surface area (Å²) < 4.78 is 7.54. The number of hydrogen-bond acceptors (Lipinski definition) is 4. The van der Waals surface area contributed by atoms with E-state index in [-0.39, 0.29) is 35.8 Å². The minimum absolute atomic E-state index is 0. The zero-order valence-electron chi connectivity index (χ0n) is 18.5. The number of anilines is 1. The first-order chi connectivity index (χ1) is 14.6. The van der Waals surface area contributed by atoms with Crippen molar-refractivity contribution in [1.82, 2.24) is 20.0 Å². The van der Waals surface area contributed by atoms with Gasteiger partial charge in [0.05, 0.1) is 25.1 Å². The maximum Gasteiger partial charge on any atom is 0.246 e. The second-order valence-electron chi connectivity index (χ2n) is 7.64. The Morgan fingerprint density at radius 3 is 2.71 bits per heavy atom. The molecule has 1 aliphatic heterocycles. The molecule has 1 atom stereocenters. The molecule has 1 aromatic carbocycles. The Kier molecular flexibility index (Phi) is 10.3. The fourth-order valence-electron chi connectivity index (χ4n) is 3.35. The molecule has 2 heterocycles. The predicted octanol–water partition coefficient (Wildman–Crippen LogP) is 2.51. The Bertz CT molecular complexity index is 842. The van der Waals surface area contributed by atoms with Crippen molar-refractivity contribution in [2.75, 3.05) is 44.2 Å². The second-order valence-corrected chi connectivity index (χ2v) is 7.64. The number of nitrogens with zero attached hydrogens (tertiary/aromatic N) is 5. The number of guanidine groups is 1. The molecule has 8 nitrogen and oxygen atoms in total. The van der Waals surface area contributed by atoms with E-state index in [2.05, 4.69) is 29.5 Å². The number of benzene rings is 1. The average Bonchev–Trinajstić information content (AvgIpc) is 3.17. The van der Waals surface area contributed by atoms with Crippen LogP contribution < -0.4 is 10.2 Å². The quantitative estimate of drug-likeness (QED) is 0.317. The van der Waals surface area contributed by atoms with Crippen LogP contribution in [0, 0.1) is 5.92 Å². The molecule has 1 unspecified atom stereocenters. The molecule has 2 aromatic rings. The number of ether oxygens (including phenoxy) is 1. The molecule has 9 heteroatoms. The Labute approximate surface area is 201 Å². The van der Waals surface area contributed by atoms with Gasteiger partial charge in [0.25, 0.3) is 0 Å². The molecule has 1 fully saturated rings. The van der Waals surface area contributed by atoms with Gasteiger partial charge in [-0.25, -0.2) is 0 Å². The van der Waals surface area contributed by atoms with Crippen LogP contribution in [0.3, 0.4) is 0 Å². The number of piperazine rings is 1. The zero-order valence-corrected chi connectivity index (χ0v) is 20.9. The lowest BCUT2D eigenvalue weighted by Crippen LogP contribution is -2.55. The summed E-state index contributed by atoms with van der Waals surface area (Å²) in [5.74, 6) is 1.13. The molecule has 3 rings (SSSR count). The molecule has 0 spiro atoms. The highest BCUT2D eigenvalue weighted by molar-refractivity contribution is 14.0. The number of carbonyl (C=O) groups is 1. The summed E-state index contributed by atoms with van der Waals surface area (Å²) >= 11 is 0. The van der Waals surface area contributed by atoms with Crippen LogP contribution in [0.5, 0.6) is 0 Å². The van der Waals surface area contributed by atoms with Gasteiger partial charge in [-0.3, -0.25) is 14.5 Å². The van der Waals surface area contributed by atoms with Gasteiger partial charge >= 0.3 is 0 Å². The zero-order chi connectivity index (χ0) is 21.3. The summed E-state index contributed by atoms with van der Waals surface area (Å²) in [5.41, 5.74) is 2.01. The van der Waals surface area contributed by atoms with Crippen LogP contribution in [0.4, 0.5) is 5.69 Å². The third kappa shape index (κ3) is 7.49. The molecule has 1 saturated heterocycles. The van der Waals surface area contributed by atoms with Gasteiger partial charge in [-0.05, 0) is 18.4 Å². The third-order valence-electron chi connectivity index (χ3n) is 4.92. The maximum atomic E-state index is 12.7. The van der Waals surface area contributed by atoms with Crippen LogP contribution >= 0.6 is 24.0 Å². The lowest BCUT2D eigenvalue weighted by Gasteiger charge is -2.35. The fraction of sp³-hybridized carbons (Fsp3) is 0.500. The third-order valence-corrected chi connectivity index (χ3v) is 4.92. The standard InChI is InChI=1S/C22H32N6O2.HI/c1-4-23-22(24-12-18(2)16-30-17-19-8-6-5-7-9-19)27-10-11-28(21(29)15-27)20-13-25-26(3)14-20;/h5-9,13-14,18H,4,10-12,15-17H2,1-3H3,(H,23,24);1H. The molecular weight excluding hydrogens is 507 g/mol. The predicted molar refractivity (Wildman–Crippen MR) is 134 cm³/mol. The van der Waals surface area contributed by atoms with Crippen molar-refractivity contribution in [3.05, 3.63) is 48.3 Å². The van der Waals surface area contributed by atoms with Crippen molar-refractivity contribution in [1.29, 1.82) is 0 Å². The van der Waals surface area contributed by atoms with Crippen LogP contribution in [-0.4, -0.2) is 65.9 Å². The Balaban J connectivity index is 0.00000341. The van der Waals surface area contributed by atoms with Crippen LogP contribution in [0.2, 0.25) is 0 Å². The van der Waals surface area contributed by atoms with Crippen molar-refractivity contribution < 1.29 is 9.53 Å². The monoisotopic (exact) mass is 540 g/mol. The SMILES string of the molecule is CCNC(=NCC(C)COCc1ccccc1)N1CCN(c2cnn(C)c2)C(=O)C1.I. The molecule has 0 radical (unpaired) electrons. The molecule has 1 aliphatic rings. The van der Waals surface area contributed by atoms with Gasteiger partial charge in [-0.2, -0.15) is 5.10 Å². The summed E-state index contributed by atoms with van der Waals surface area (Å²) in [6.07, 6.45) is 3.59. The van der Waals surface area contributed by atoms with E-state index >= 15 is 0 Å². The molecule has 31 heavy (non-hydrogen) atoms. The van der Waals surface area contributed by atoms with Gasteiger partial charge in [-0.15, -0.1) is 24.0 Å². The van der Waals surface area contributed by atoms with Gasteiger partial charge in [0.2, 0.25) is 5.91 Å². The van der Waals surface area contributed by atoms with E-state index in [1.54, 1.807) is 15.8 Å². The van der Waals surface area contributed by atoms with E-state index in [1.807, 2.05) is 43.3 Å². The van der Waals surface area contributed by atoms with E-state index in [1.165, 1.54) is 5.56 Å². The second kappa shape index (κ2) is 12.7. The number of halogens is 1. The number of aromatic nitrogens is 2. The summed E-state index contributed by atoms with van der Waals surface area (Å²) in [5, 5.41) is 7.48. The van der Waals surface area contributed by atoms with E-state index in [9.17, 15) is 4.79 Å². The molecule has 0 aliphatic carbocycles. The van der Waals surface area contributed by atoms with Crippen molar-refractivity contribution in [2.24, 2.45) is 18.0 Å². The average molecular weight is 540 g/mol. The van der Waals surface area contributed by atoms with E-state index < -0.39 is 0 Å². The van der Waals surface area contributed by atoms with Gasteiger partial charge < -0.3 is 19.9 Å². The summed E-state index contributed by atoms with van der Waals surface area (Å²) in [4.78, 5) is 21.3. The summed E-state index contributed by atoms with van der Waals surface area (Å²) in [6.45, 7) is 8.48. The number of nitrogens with one attached hydrogen (secondary N) is 1. The van der Waals surface area contributed by atoms with Crippen molar-refractivity contribution in [2.45, 2.75) is 20.5 Å². The number of aliphatic imine (C=N–C) groups is 1. The molecule has 170 valence electrons. The van der Waals surface area contributed by atoms with Crippen LogP contribution in [0.1, 0.15) is 19.4 Å². The number of rotatable bonds is 8. The first-order valence-electron chi connectivity index (χ1n) is 10.5. The summed E-state index contributed by atoms with van der Waals surface area (Å²) in [7, 11) is 1.85. The van der Waals surface area contributed by atoms with Crippen LogP contribution in [0.15, 0.2) is 47.7 Å². The molecular formula is C22H33IN6O2. The molecule has 0 bridgehead atoms. The van der Waals surface area contributed by atoms with Gasteiger partial charge in [0.1, 0.15) is 6.54 Å². The minimum atomic E-state index is 0. The first kappa shape index (κ1) is 25.1. The molecule has 1 N–H and O–H groups in total. The molecule has 0 saturated carbocycles. The smallest absolute Gasteiger partial charge is 0.246 e. The lowest BCUT2D eigenvalue weighted by molar-refractivity contribution is -0.120. The van der Waals surface area contributed by atoms with Gasteiger partial charge in [-0.1, -0.05) is 37.3 Å². The highest BCUT2D eigenvalue weighted by atomic mass is 127. The van der Waals surface area contributed by atoms with E-state index in [0.29, 0.717) is 32.8 Å². The number of hydrogen-bond donors (Lipinski definition) is 1. The largest absolute Gasteiger partial charge is 0.376 e. The van der Waals surface area contributed by atoms with E-state index in [4.69, 9.17) is 9.73 Å². The van der Waals surface area contributed by atoms with Gasteiger partial charge in [0.15, 0.2) is 5.96 Å². The van der Waals surface area contributed by atoms with E-state index in [0.717, 1.165) is 24.7 Å². The number of amides is 1. The lowest BCUT2D eigenvalue weighted by atomic mass is 10.2. The van der Waals surface area contributed by atoms with Crippen LogP contribution in [0.25, 0.3) is 0 Å². The van der Waals surface area contributed by atoms with Gasteiger partial charge in [0, 0.05) is 39.4 Å². The van der Waals surface area contributed by atoms with Crippen molar-refractivity contribution in [3.63, 3.8) is 0 Å². The minimum Gasteiger partial charge on any atom is -0.376 e. The highest BCUT2D eigenvalue weighted by Crippen LogP contribution is 2.16. The number of aryl methyl sites for hydroxylation is 1. The number of carbonyl (C=O) groups excluding carboxylic acids is 1. The maximum absolute atomic E-state index is 12.7. The van der Waals surface area contributed by atoms with Crippen molar-refractivity contribution >= 4 is 41.5 Å². The Hall–Kier alpha value is -2.14. The topological polar surface area (TPSA) is 75.0 Å². The summed E-state index contributed by atoms with van der Waals surface area (Å²) in [6, 6.07) is 10.2. The Morgan fingerprint density at radius 2 is 2.06 bits per heavy atom. The normalized spacial score (nSPS) is 15.6. The Morgan fingerprint density at radius 1 is 1.29 bits per heavy atom.